The van der Waals surface area contributed by atoms with Gasteiger partial charge in [-0.1, -0.05) is 126 Å². The van der Waals surface area contributed by atoms with Crippen LogP contribution in [0.1, 0.15) is 35.6 Å². The van der Waals surface area contributed by atoms with Crippen molar-refractivity contribution in [2.24, 2.45) is 0 Å². The number of allylic oxidation sites excluding steroid dienone is 6. The van der Waals surface area contributed by atoms with Gasteiger partial charge in [0.2, 0.25) is 0 Å². The van der Waals surface area contributed by atoms with E-state index in [0.717, 1.165) is 6.42 Å². The van der Waals surface area contributed by atoms with Crippen molar-refractivity contribution in [1.29, 1.82) is 0 Å². The molecule has 0 fully saturated rings. The summed E-state index contributed by atoms with van der Waals surface area (Å²) in [5.41, 5.74) is 17.3. The van der Waals surface area contributed by atoms with E-state index in [4.69, 9.17) is 0 Å². The molecule has 2 heteroatoms. The van der Waals surface area contributed by atoms with Gasteiger partial charge in [-0.3, -0.25) is 0 Å². The Labute approximate surface area is 225 Å². The molecule has 5 rings (SSSR count). The Morgan fingerprint density at radius 3 is 1.86 bits per heavy atom. The fourth-order valence-electron chi connectivity index (χ4n) is 5.35. The Hall–Kier alpha value is -2.92. The van der Waals surface area contributed by atoms with Crippen molar-refractivity contribution >= 4 is 31.8 Å². The molecule has 1 unspecified atom stereocenters. The van der Waals surface area contributed by atoms with Gasteiger partial charge in [0.25, 0.3) is 0 Å². The van der Waals surface area contributed by atoms with E-state index in [1.165, 1.54) is 54.4 Å². The predicted molar refractivity (Wildman–Crippen MR) is 164 cm³/mol. The van der Waals surface area contributed by atoms with E-state index in [9.17, 15) is 0 Å². The van der Waals surface area contributed by atoms with E-state index < -0.39 is 15.8 Å². The van der Waals surface area contributed by atoms with Crippen LogP contribution >= 0.6 is 15.8 Å². The first kappa shape index (κ1) is 25.7. The largest absolute Gasteiger partial charge is 0.0835 e. The first-order chi connectivity index (χ1) is 17.9. The quantitative estimate of drug-likeness (QED) is 0.219. The smallest absolute Gasteiger partial charge is 0.0473 e. The predicted octanol–water partition coefficient (Wildman–Crippen LogP) is 8.33. The van der Waals surface area contributed by atoms with Gasteiger partial charge in [-0.25, -0.2) is 0 Å². The van der Waals surface area contributed by atoms with Gasteiger partial charge in [-0.2, -0.15) is 0 Å². The van der Waals surface area contributed by atoms with Gasteiger partial charge in [0, 0.05) is 23.0 Å². The summed E-state index contributed by atoms with van der Waals surface area (Å²) in [6.45, 7) is 11.3. The van der Waals surface area contributed by atoms with Gasteiger partial charge in [-0.05, 0) is 76.9 Å². The van der Waals surface area contributed by atoms with Crippen LogP contribution in [-0.4, -0.2) is 5.66 Å². The summed E-state index contributed by atoms with van der Waals surface area (Å²) < 4.78 is 0. The van der Waals surface area contributed by atoms with Gasteiger partial charge in [0.1, 0.15) is 0 Å². The molecule has 2 atom stereocenters. The van der Waals surface area contributed by atoms with E-state index in [1.54, 1.807) is 0 Å². The molecule has 37 heavy (non-hydrogen) atoms. The molecule has 0 heterocycles. The number of benzene rings is 3. The van der Waals surface area contributed by atoms with Crippen molar-refractivity contribution < 1.29 is 0 Å². The van der Waals surface area contributed by atoms with E-state index in [2.05, 4.69) is 143 Å². The van der Waals surface area contributed by atoms with Crippen LogP contribution in [0.4, 0.5) is 0 Å². The lowest BCUT2D eigenvalue weighted by Crippen LogP contribution is -2.23. The molecule has 3 aromatic rings. The van der Waals surface area contributed by atoms with Crippen molar-refractivity contribution in [2.45, 2.75) is 46.7 Å². The maximum atomic E-state index is 3.57. The highest BCUT2D eigenvalue weighted by Crippen LogP contribution is 2.59. The lowest BCUT2D eigenvalue weighted by Gasteiger charge is -2.31. The number of hydrogen-bond donors (Lipinski definition) is 0. The van der Waals surface area contributed by atoms with Gasteiger partial charge in [0.15, 0.2) is 0 Å². The molecule has 0 N–H and O–H groups in total. The molecule has 0 saturated carbocycles. The zero-order chi connectivity index (χ0) is 25.9. The summed E-state index contributed by atoms with van der Waals surface area (Å²) in [6.07, 6.45) is 9.88. The zero-order valence-electron chi connectivity index (χ0n) is 22.3. The SMILES string of the molecule is Cc1cc(C)cc(P(c2cc(C)cc(C)c2)[C@H](C)C2=C=C=C=C2P(C2=C[CH]C=CC2)c2ccccc2)c1. The summed E-state index contributed by atoms with van der Waals surface area (Å²) in [4.78, 5) is 0. The first-order valence-corrected chi connectivity index (χ1v) is 15.7. The normalized spacial score (nSPS) is 16.0. The fourth-order valence-corrected chi connectivity index (χ4v) is 11.0. The summed E-state index contributed by atoms with van der Waals surface area (Å²) in [5, 5.41) is 6.98. The van der Waals surface area contributed by atoms with Crippen molar-refractivity contribution in [3.63, 3.8) is 0 Å². The van der Waals surface area contributed by atoms with Crippen LogP contribution in [0.3, 0.4) is 0 Å². The second-order valence-electron chi connectivity index (χ2n) is 10.0. The molecule has 2 aliphatic rings. The van der Waals surface area contributed by atoms with Gasteiger partial charge >= 0.3 is 0 Å². The average molecular weight is 516 g/mol. The minimum atomic E-state index is -0.702. The fraction of sp³-hybridized carbons (Fsp3) is 0.200. The topological polar surface area (TPSA) is 0 Å². The lowest BCUT2D eigenvalue weighted by atomic mass is 10.2. The van der Waals surface area contributed by atoms with Crippen LogP contribution in [-0.2, 0) is 0 Å². The van der Waals surface area contributed by atoms with Crippen molar-refractivity contribution in [3.8, 4) is 0 Å². The minimum absolute atomic E-state index is 0.285. The highest BCUT2D eigenvalue weighted by atomic mass is 31.1. The zero-order valence-corrected chi connectivity index (χ0v) is 24.1. The molecular weight excluding hydrogens is 482 g/mol. The molecule has 0 bridgehead atoms. The maximum Gasteiger partial charge on any atom is 0.0473 e. The molecule has 0 aliphatic heterocycles. The van der Waals surface area contributed by atoms with E-state index in [-0.39, 0.29) is 5.66 Å². The highest BCUT2D eigenvalue weighted by Gasteiger charge is 2.32. The Balaban J connectivity index is 1.61. The third-order valence-electron chi connectivity index (χ3n) is 6.80. The highest BCUT2D eigenvalue weighted by molar-refractivity contribution is 7.75. The Kier molecular flexibility index (Phi) is 7.80. The monoisotopic (exact) mass is 515 g/mol. The van der Waals surface area contributed by atoms with E-state index in [1.807, 2.05) is 0 Å². The molecule has 3 aromatic carbocycles. The molecule has 0 nitrogen and oxygen atoms in total. The molecule has 0 aromatic heterocycles. The molecule has 183 valence electrons. The molecule has 0 saturated heterocycles. The van der Waals surface area contributed by atoms with E-state index in [0.29, 0.717) is 0 Å². The molecule has 1 radical (unpaired) electrons. The van der Waals surface area contributed by atoms with Crippen LogP contribution in [0.2, 0.25) is 0 Å². The second kappa shape index (κ2) is 11.2. The summed E-state index contributed by atoms with van der Waals surface area (Å²) in [6, 6.07) is 25.1. The second-order valence-corrected chi connectivity index (χ2v) is 14.8. The third-order valence-corrected chi connectivity index (χ3v) is 12.0. The number of hydrogen-bond acceptors (Lipinski definition) is 0. The summed E-state index contributed by atoms with van der Waals surface area (Å²) in [7, 11) is -1.36. The summed E-state index contributed by atoms with van der Waals surface area (Å²) >= 11 is 0. The van der Waals surface area contributed by atoms with Crippen LogP contribution in [0, 0.1) is 34.1 Å². The Morgan fingerprint density at radius 1 is 0.730 bits per heavy atom. The first-order valence-electron chi connectivity index (χ1n) is 12.9. The molecule has 2 aliphatic carbocycles. The van der Waals surface area contributed by atoms with E-state index >= 15 is 0 Å². The molecule has 0 amide bonds. The standard InChI is InChI=1S/C35H33P2/c1-25-19-26(2)22-32(21-25)36(33-23-27(3)20-28(4)24-33)29(5)34-17-12-18-35(34)37(30-13-8-6-9-14-30)31-15-10-7-11-16-31/h6-11,13-15,19-24,29H,16H2,1-5H3/t29-,37?/m1/s1. The number of aryl methyl sites for hydroxylation is 4. The van der Waals surface area contributed by atoms with Crippen molar-refractivity contribution in [2.75, 3.05) is 0 Å². The average Bonchev–Trinajstić information content (AvgIpc) is 3.34. The minimum Gasteiger partial charge on any atom is -0.0835 e. The third kappa shape index (κ3) is 5.67. The van der Waals surface area contributed by atoms with Gasteiger partial charge in [0.05, 0.1) is 0 Å². The maximum absolute atomic E-state index is 3.57. The van der Waals surface area contributed by atoms with Crippen molar-refractivity contribution in [1.82, 2.24) is 0 Å². The molecular formula is C35H33P2. The summed E-state index contributed by atoms with van der Waals surface area (Å²) in [5.74, 6) is 0. The van der Waals surface area contributed by atoms with Crippen LogP contribution in [0.5, 0.6) is 0 Å². The van der Waals surface area contributed by atoms with Crippen LogP contribution < -0.4 is 15.9 Å². The van der Waals surface area contributed by atoms with Gasteiger partial charge in [-0.15, -0.1) is 0 Å². The van der Waals surface area contributed by atoms with Crippen molar-refractivity contribution in [3.05, 3.63) is 147 Å². The Bertz CT molecular complexity index is 1440. The Morgan fingerprint density at radius 2 is 1.32 bits per heavy atom. The van der Waals surface area contributed by atoms with Crippen LogP contribution in [0.25, 0.3) is 0 Å². The lowest BCUT2D eigenvalue weighted by molar-refractivity contribution is 1.16. The van der Waals surface area contributed by atoms with Crippen LogP contribution in [0.15, 0.2) is 118 Å². The van der Waals surface area contributed by atoms with Gasteiger partial charge < -0.3 is 0 Å². The number of rotatable bonds is 7. The molecule has 0 spiro atoms.